The van der Waals surface area contributed by atoms with Crippen LogP contribution in [0.3, 0.4) is 0 Å². The highest BCUT2D eigenvalue weighted by molar-refractivity contribution is 7.87. The molecule has 0 amide bonds. The zero-order valence-electron chi connectivity index (χ0n) is 14.9. The van der Waals surface area contributed by atoms with Crippen molar-refractivity contribution in [2.75, 3.05) is 65.9 Å². The number of morpholine rings is 1. The van der Waals surface area contributed by atoms with Gasteiger partial charge in [-0.1, -0.05) is 12.1 Å². The fourth-order valence-corrected chi connectivity index (χ4v) is 3.28. The summed E-state index contributed by atoms with van der Waals surface area (Å²) in [5.41, 5.74) is 2.22. The smallest absolute Gasteiger partial charge is 0.278 e. The van der Waals surface area contributed by atoms with Crippen LogP contribution in [0.25, 0.3) is 0 Å². The van der Waals surface area contributed by atoms with E-state index in [1.165, 1.54) is 18.4 Å². The van der Waals surface area contributed by atoms with Crippen molar-refractivity contribution in [2.24, 2.45) is 0 Å². The van der Waals surface area contributed by atoms with Gasteiger partial charge in [-0.25, -0.2) is 4.72 Å². The second-order valence-electron chi connectivity index (χ2n) is 6.29. The lowest BCUT2D eigenvalue weighted by Gasteiger charge is -2.35. The number of hydrogen-bond acceptors (Lipinski definition) is 5. The maximum Gasteiger partial charge on any atom is 0.278 e. The zero-order valence-corrected chi connectivity index (χ0v) is 15.7. The maximum atomic E-state index is 12.1. The minimum Gasteiger partial charge on any atom is -0.379 e. The lowest BCUT2D eigenvalue weighted by Crippen LogP contribution is -2.45. The topological polar surface area (TPSA) is 65.1 Å². The Hall–Kier alpha value is -1.19. The number of anilines is 1. The molecule has 1 unspecified atom stereocenters. The summed E-state index contributed by atoms with van der Waals surface area (Å²) in [5, 5.41) is 0. The number of rotatable bonds is 7. The number of nitrogens with one attached hydrogen (secondary N) is 1. The van der Waals surface area contributed by atoms with Gasteiger partial charge in [0.2, 0.25) is 0 Å². The molecule has 1 aliphatic heterocycles. The number of nitrogens with zero attached hydrogens (tertiary/aromatic N) is 3. The van der Waals surface area contributed by atoms with Gasteiger partial charge in [-0.2, -0.15) is 12.7 Å². The average molecular weight is 356 g/mol. The molecule has 0 saturated carbocycles. The lowest BCUT2D eigenvalue weighted by atomic mass is 10.0. The average Bonchev–Trinajstić information content (AvgIpc) is 2.56. The quantitative estimate of drug-likeness (QED) is 0.772. The molecule has 1 aromatic carbocycles. The second-order valence-corrected chi connectivity index (χ2v) is 8.26. The first kappa shape index (κ1) is 19.1. The van der Waals surface area contributed by atoms with Gasteiger partial charge in [0, 0.05) is 59.6 Å². The molecule has 1 aliphatic rings. The van der Waals surface area contributed by atoms with Crippen LogP contribution in [-0.2, 0) is 14.9 Å². The fraction of sp³-hybridized carbons (Fsp3) is 0.625. The number of benzene rings is 1. The first-order valence-corrected chi connectivity index (χ1v) is 9.51. The van der Waals surface area contributed by atoms with Crippen molar-refractivity contribution in [1.82, 2.24) is 13.9 Å². The van der Waals surface area contributed by atoms with E-state index in [1.807, 2.05) is 19.0 Å². The van der Waals surface area contributed by atoms with Crippen molar-refractivity contribution in [3.63, 3.8) is 0 Å². The molecular weight excluding hydrogens is 328 g/mol. The predicted molar refractivity (Wildman–Crippen MR) is 96.5 cm³/mol. The standard InChI is InChI=1S/C16H28N4O3S/c1-18(2)15-7-5-14(6-8-15)16(20-9-11-23-12-10-20)13-17-24(21,22)19(3)4/h5-8,16-17H,9-13H2,1-4H3. The monoisotopic (exact) mass is 356 g/mol. The summed E-state index contributed by atoms with van der Waals surface area (Å²) >= 11 is 0. The maximum absolute atomic E-state index is 12.1. The van der Waals surface area contributed by atoms with Crippen LogP contribution in [0.5, 0.6) is 0 Å². The van der Waals surface area contributed by atoms with Gasteiger partial charge in [-0.15, -0.1) is 0 Å². The summed E-state index contributed by atoms with van der Waals surface area (Å²) in [4.78, 5) is 4.31. The summed E-state index contributed by atoms with van der Waals surface area (Å²) in [5.74, 6) is 0. The molecule has 0 aromatic heterocycles. The van der Waals surface area contributed by atoms with E-state index < -0.39 is 10.2 Å². The molecule has 1 fully saturated rings. The van der Waals surface area contributed by atoms with E-state index in [9.17, 15) is 8.42 Å². The molecule has 0 bridgehead atoms. The minimum absolute atomic E-state index is 0.0140. The van der Waals surface area contributed by atoms with E-state index in [-0.39, 0.29) is 6.04 Å². The van der Waals surface area contributed by atoms with Gasteiger partial charge in [0.25, 0.3) is 10.2 Å². The first-order valence-electron chi connectivity index (χ1n) is 8.07. The molecule has 0 aliphatic carbocycles. The third-order valence-electron chi connectivity index (χ3n) is 4.22. The summed E-state index contributed by atoms with van der Waals surface area (Å²) in [6.45, 7) is 3.27. The SMILES string of the molecule is CN(C)c1ccc(C(CNS(=O)(=O)N(C)C)N2CCOCC2)cc1. The van der Waals surface area contributed by atoms with E-state index in [0.29, 0.717) is 19.8 Å². The van der Waals surface area contributed by atoms with Crippen LogP contribution in [0.2, 0.25) is 0 Å². The van der Waals surface area contributed by atoms with Gasteiger partial charge in [0.15, 0.2) is 0 Å². The van der Waals surface area contributed by atoms with Crippen LogP contribution in [0.15, 0.2) is 24.3 Å². The van der Waals surface area contributed by atoms with Gasteiger partial charge >= 0.3 is 0 Å². The summed E-state index contributed by atoms with van der Waals surface area (Å²) < 4.78 is 33.4. The highest BCUT2D eigenvalue weighted by Gasteiger charge is 2.25. The number of ether oxygens (including phenoxy) is 1. The van der Waals surface area contributed by atoms with Crippen LogP contribution in [0.1, 0.15) is 11.6 Å². The third kappa shape index (κ3) is 4.90. The van der Waals surface area contributed by atoms with Crippen LogP contribution in [0.4, 0.5) is 5.69 Å². The van der Waals surface area contributed by atoms with Crippen molar-refractivity contribution in [3.05, 3.63) is 29.8 Å². The van der Waals surface area contributed by atoms with E-state index in [0.717, 1.165) is 24.3 Å². The van der Waals surface area contributed by atoms with Crippen molar-refractivity contribution in [3.8, 4) is 0 Å². The molecule has 8 heteroatoms. The normalized spacial score (nSPS) is 17.9. The Morgan fingerprint density at radius 3 is 2.21 bits per heavy atom. The Kier molecular flexibility index (Phi) is 6.59. The van der Waals surface area contributed by atoms with Crippen LogP contribution in [-0.4, -0.2) is 78.7 Å². The Morgan fingerprint density at radius 1 is 1.12 bits per heavy atom. The minimum atomic E-state index is -3.44. The van der Waals surface area contributed by atoms with E-state index in [4.69, 9.17) is 4.74 Å². The molecule has 1 heterocycles. The lowest BCUT2D eigenvalue weighted by molar-refractivity contribution is 0.0171. The van der Waals surface area contributed by atoms with Crippen molar-refractivity contribution >= 4 is 15.9 Å². The Morgan fingerprint density at radius 2 is 1.71 bits per heavy atom. The summed E-state index contributed by atoms with van der Waals surface area (Å²) in [6.07, 6.45) is 0. The predicted octanol–water partition coefficient (Wildman–Crippen LogP) is 0.522. The highest BCUT2D eigenvalue weighted by atomic mass is 32.2. The van der Waals surface area contributed by atoms with Gasteiger partial charge < -0.3 is 9.64 Å². The van der Waals surface area contributed by atoms with E-state index in [1.54, 1.807) is 0 Å². The summed E-state index contributed by atoms with van der Waals surface area (Å²) in [6, 6.07) is 8.24. The van der Waals surface area contributed by atoms with Crippen molar-refractivity contribution < 1.29 is 13.2 Å². The van der Waals surface area contributed by atoms with Crippen LogP contribution < -0.4 is 9.62 Å². The van der Waals surface area contributed by atoms with Crippen molar-refractivity contribution in [1.29, 1.82) is 0 Å². The third-order valence-corrected chi connectivity index (χ3v) is 5.71. The van der Waals surface area contributed by atoms with Crippen molar-refractivity contribution in [2.45, 2.75) is 6.04 Å². The molecule has 2 rings (SSSR count). The van der Waals surface area contributed by atoms with Crippen LogP contribution >= 0.6 is 0 Å². The second kappa shape index (κ2) is 8.26. The Labute approximate surface area is 145 Å². The van der Waals surface area contributed by atoms with E-state index in [2.05, 4.69) is 33.9 Å². The van der Waals surface area contributed by atoms with E-state index >= 15 is 0 Å². The largest absolute Gasteiger partial charge is 0.379 e. The fourth-order valence-electron chi connectivity index (χ4n) is 2.65. The molecule has 1 N–H and O–H groups in total. The Bertz CT molecular complexity index is 611. The molecule has 1 saturated heterocycles. The molecule has 1 atom stereocenters. The molecule has 0 radical (unpaired) electrons. The summed E-state index contributed by atoms with van der Waals surface area (Å²) in [7, 11) is 3.61. The van der Waals surface area contributed by atoms with Gasteiger partial charge in [0.1, 0.15) is 0 Å². The molecule has 24 heavy (non-hydrogen) atoms. The highest BCUT2D eigenvalue weighted by Crippen LogP contribution is 2.24. The molecule has 1 aromatic rings. The van der Waals surface area contributed by atoms with Gasteiger partial charge in [0.05, 0.1) is 13.2 Å². The molecule has 7 nitrogen and oxygen atoms in total. The molecular formula is C16H28N4O3S. The van der Waals surface area contributed by atoms with Crippen LogP contribution in [0, 0.1) is 0 Å². The molecule has 0 spiro atoms. The molecule has 136 valence electrons. The number of hydrogen-bond donors (Lipinski definition) is 1. The Balaban J connectivity index is 2.18. The van der Waals surface area contributed by atoms with Gasteiger partial charge in [-0.05, 0) is 17.7 Å². The van der Waals surface area contributed by atoms with Gasteiger partial charge in [-0.3, -0.25) is 4.90 Å². The zero-order chi connectivity index (χ0) is 17.7. The first-order chi connectivity index (χ1) is 11.3.